The van der Waals surface area contributed by atoms with Gasteiger partial charge in [0.2, 0.25) is 0 Å². The van der Waals surface area contributed by atoms with Gasteiger partial charge >= 0.3 is 0 Å². The lowest BCUT2D eigenvalue weighted by Gasteiger charge is -1.97. The molecule has 0 aromatic carbocycles. The SMILES string of the molecule is NS(=O)(=O)NCc1ccc(C#CCO)s1. The Kier molecular flexibility index (Phi) is 4.26. The van der Waals surface area contributed by atoms with Crippen LogP contribution in [0.15, 0.2) is 12.1 Å². The monoisotopic (exact) mass is 246 g/mol. The molecule has 4 N–H and O–H groups in total. The van der Waals surface area contributed by atoms with Crippen LogP contribution in [0, 0.1) is 11.8 Å². The number of hydrogen-bond donors (Lipinski definition) is 3. The van der Waals surface area contributed by atoms with Crippen LogP contribution in [0.25, 0.3) is 0 Å². The van der Waals surface area contributed by atoms with Crippen LogP contribution < -0.4 is 9.86 Å². The Morgan fingerprint density at radius 3 is 2.87 bits per heavy atom. The van der Waals surface area contributed by atoms with Crippen LogP contribution >= 0.6 is 11.3 Å². The van der Waals surface area contributed by atoms with E-state index < -0.39 is 10.2 Å². The molecule has 7 heteroatoms. The third-order valence-electron chi connectivity index (χ3n) is 1.40. The van der Waals surface area contributed by atoms with Gasteiger partial charge in [-0.1, -0.05) is 11.8 Å². The van der Waals surface area contributed by atoms with Crippen molar-refractivity contribution in [3.05, 3.63) is 21.9 Å². The minimum atomic E-state index is -3.65. The van der Waals surface area contributed by atoms with E-state index in [2.05, 4.69) is 16.6 Å². The van der Waals surface area contributed by atoms with Crippen molar-refractivity contribution in [2.45, 2.75) is 6.54 Å². The topological polar surface area (TPSA) is 92.4 Å². The molecule has 0 amide bonds. The zero-order valence-corrected chi connectivity index (χ0v) is 9.36. The van der Waals surface area contributed by atoms with E-state index in [1.54, 1.807) is 12.1 Å². The predicted molar refractivity (Wildman–Crippen MR) is 58.2 cm³/mol. The van der Waals surface area contributed by atoms with E-state index in [-0.39, 0.29) is 13.2 Å². The molecule has 0 radical (unpaired) electrons. The first-order chi connectivity index (χ1) is 7.01. The van der Waals surface area contributed by atoms with Gasteiger partial charge in [0.25, 0.3) is 10.2 Å². The lowest BCUT2D eigenvalue weighted by atomic mass is 10.4. The van der Waals surface area contributed by atoms with Gasteiger partial charge < -0.3 is 5.11 Å². The number of thiophene rings is 1. The average Bonchev–Trinajstić information content (AvgIpc) is 2.58. The summed E-state index contributed by atoms with van der Waals surface area (Å²) in [7, 11) is -3.65. The summed E-state index contributed by atoms with van der Waals surface area (Å²) < 4.78 is 23.4. The van der Waals surface area contributed by atoms with Gasteiger partial charge in [0.15, 0.2) is 0 Å². The molecular formula is C8H10N2O3S2. The number of rotatable bonds is 3. The fourth-order valence-corrected chi connectivity index (χ4v) is 2.11. The summed E-state index contributed by atoms with van der Waals surface area (Å²) in [6.07, 6.45) is 0. The third-order valence-corrected chi connectivity index (χ3v) is 2.95. The first-order valence-corrected chi connectivity index (χ1v) is 6.33. The lowest BCUT2D eigenvalue weighted by molar-refractivity contribution is 0.350. The van der Waals surface area contributed by atoms with Crippen LogP contribution in [0.5, 0.6) is 0 Å². The van der Waals surface area contributed by atoms with Gasteiger partial charge in [-0.05, 0) is 12.1 Å². The molecule has 1 aromatic heterocycles. The van der Waals surface area contributed by atoms with E-state index in [1.807, 2.05) is 0 Å². The van der Waals surface area contributed by atoms with E-state index in [0.717, 1.165) is 9.75 Å². The maximum absolute atomic E-state index is 10.6. The van der Waals surface area contributed by atoms with E-state index >= 15 is 0 Å². The summed E-state index contributed by atoms with van der Waals surface area (Å²) in [4.78, 5) is 1.58. The fourth-order valence-electron chi connectivity index (χ4n) is 0.838. The van der Waals surface area contributed by atoms with Crippen molar-refractivity contribution < 1.29 is 13.5 Å². The van der Waals surface area contributed by atoms with Crippen LogP contribution in [0.1, 0.15) is 9.75 Å². The zero-order chi connectivity index (χ0) is 11.3. The van der Waals surface area contributed by atoms with E-state index in [9.17, 15) is 8.42 Å². The molecule has 82 valence electrons. The Hall–Kier alpha value is -0.910. The number of aliphatic hydroxyl groups is 1. The molecule has 0 atom stereocenters. The molecule has 15 heavy (non-hydrogen) atoms. The highest BCUT2D eigenvalue weighted by molar-refractivity contribution is 7.87. The number of aliphatic hydroxyl groups excluding tert-OH is 1. The predicted octanol–water partition coefficient (Wildman–Crippen LogP) is -0.615. The molecule has 0 unspecified atom stereocenters. The molecule has 0 bridgehead atoms. The van der Waals surface area contributed by atoms with Gasteiger partial charge in [0, 0.05) is 11.4 Å². The van der Waals surface area contributed by atoms with Crippen LogP contribution in [0.2, 0.25) is 0 Å². The molecule has 5 nitrogen and oxygen atoms in total. The quantitative estimate of drug-likeness (QED) is 0.621. The molecule has 1 aromatic rings. The molecule has 0 fully saturated rings. The van der Waals surface area contributed by atoms with Gasteiger partial charge in [-0.25, -0.2) is 5.14 Å². The molecule has 0 saturated heterocycles. The minimum Gasteiger partial charge on any atom is -0.384 e. The van der Waals surface area contributed by atoms with Crippen molar-refractivity contribution in [1.82, 2.24) is 4.72 Å². The number of nitrogens with two attached hydrogens (primary N) is 1. The zero-order valence-electron chi connectivity index (χ0n) is 7.73. The van der Waals surface area contributed by atoms with Crippen molar-refractivity contribution >= 4 is 21.5 Å². The van der Waals surface area contributed by atoms with Gasteiger partial charge in [-0.2, -0.15) is 13.1 Å². The third kappa shape index (κ3) is 4.92. The highest BCUT2D eigenvalue weighted by Gasteiger charge is 2.03. The molecule has 0 spiro atoms. The summed E-state index contributed by atoms with van der Waals surface area (Å²) in [5.41, 5.74) is 0. The van der Waals surface area contributed by atoms with Crippen LogP contribution in [-0.4, -0.2) is 20.1 Å². The fraction of sp³-hybridized carbons (Fsp3) is 0.250. The second kappa shape index (κ2) is 5.25. The minimum absolute atomic E-state index is 0.157. The molecule has 0 aliphatic rings. The smallest absolute Gasteiger partial charge is 0.274 e. The first-order valence-electron chi connectivity index (χ1n) is 3.97. The number of nitrogens with one attached hydrogen (secondary N) is 1. The highest BCUT2D eigenvalue weighted by Crippen LogP contribution is 2.14. The van der Waals surface area contributed by atoms with Gasteiger partial charge in [0.1, 0.15) is 6.61 Å². The van der Waals surface area contributed by atoms with E-state index in [4.69, 9.17) is 10.2 Å². The summed E-state index contributed by atoms with van der Waals surface area (Å²) in [6, 6.07) is 3.51. The van der Waals surface area contributed by atoms with Crippen molar-refractivity contribution in [2.24, 2.45) is 5.14 Å². The first kappa shape index (κ1) is 12.2. The molecule has 0 saturated carbocycles. The van der Waals surface area contributed by atoms with Gasteiger partial charge in [-0.3, -0.25) is 0 Å². The van der Waals surface area contributed by atoms with Crippen LogP contribution in [0.4, 0.5) is 0 Å². The maximum atomic E-state index is 10.6. The average molecular weight is 246 g/mol. The molecule has 1 heterocycles. The van der Waals surface area contributed by atoms with Crippen molar-refractivity contribution in [3.63, 3.8) is 0 Å². The van der Waals surface area contributed by atoms with Gasteiger partial charge in [0.05, 0.1) is 4.88 Å². The summed E-state index contributed by atoms with van der Waals surface area (Å²) in [6.45, 7) is -0.0348. The Morgan fingerprint density at radius 1 is 1.53 bits per heavy atom. The van der Waals surface area contributed by atoms with Crippen LogP contribution in [0.3, 0.4) is 0 Å². The largest absolute Gasteiger partial charge is 0.384 e. The summed E-state index contributed by atoms with van der Waals surface area (Å²) in [5, 5.41) is 13.2. The molecular weight excluding hydrogens is 236 g/mol. The number of hydrogen-bond acceptors (Lipinski definition) is 4. The summed E-state index contributed by atoms with van der Waals surface area (Å²) in [5.74, 6) is 5.22. The van der Waals surface area contributed by atoms with Crippen molar-refractivity contribution in [3.8, 4) is 11.8 Å². The second-order valence-electron chi connectivity index (χ2n) is 2.59. The normalized spacial score (nSPS) is 10.8. The summed E-state index contributed by atoms with van der Waals surface area (Å²) >= 11 is 1.35. The Bertz CT molecular complexity index is 481. The molecule has 0 aliphatic carbocycles. The standard InChI is InChI=1S/C8H10N2O3S2/c9-15(12,13)10-6-8-4-3-7(14-8)2-1-5-11/h3-4,10-11H,5-6H2,(H2,9,12,13). The Morgan fingerprint density at radius 2 is 2.27 bits per heavy atom. The van der Waals surface area contributed by atoms with E-state index in [0.29, 0.717) is 0 Å². The lowest BCUT2D eigenvalue weighted by Crippen LogP contribution is -2.29. The van der Waals surface area contributed by atoms with E-state index in [1.165, 1.54) is 11.3 Å². The Labute approximate surface area is 92.1 Å². The maximum Gasteiger partial charge on any atom is 0.274 e. The molecule has 1 rings (SSSR count). The van der Waals surface area contributed by atoms with Crippen molar-refractivity contribution in [2.75, 3.05) is 6.61 Å². The Balaban J connectivity index is 2.61. The molecule has 0 aliphatic heterocycles. The second-order valence-corrected chi connectivity index (χ2v) is 5.14. The van der Waals surface area contributed by atoms with Gasteiger partial charge in [-0.15, -0.1) is 11.3 Å². The van der Waals surface area contributed by atoms with Crippen molar-refractivity contribution in [1.29, 1.82) is 0 Å². The van der Waals surface area contributed by atoms with Crippen LogP contribution in [-0.2, 0) is 16.8 Å². The highest BCUT2D eigenvalue weighted by atomic mass is 32.2.